The van der Waals surface area contributed by atoms with Crippen LogP contribution >= 0.6 is 24.0 Å². The normalized spacial score (nSPS) is 8.69. The van der Waals surface area contributed by atoms with Crippen LogP contribution < -0.4 is 5.90 Å². The monoisotopic (exact) mass is 218 g/mol. The quantitative estimate of drug-likeness (QED) is 0.774. The standard InChI is InChI=1S/C8H7ClN2O.ClH/c9-8-3-6(4-10)1-2-7(8)5-12-11;/h1-3H,5,11H2;1H. The molecule has 1 aromatic rings. The lowest BCUT2D eigenvalue weighted by Crippen LogP contribution is -1.99. The smallest absolute Gasteiger partial charge is 0.0992 e. The Balaban J connectivity index is 0.00000144. The Labute approximate surface area is 87.4 Å². The van der Waals surface area contributed by atoms with Crippen LogP contribution in [0, 0.1) is 11.3 Å². The lowest BCUT2D eigenvalue weighted by Gasteiger charge is -2.01. The van der Waals surface area contributed by atoms with E-state index in [1.54, 1.807) is 18.2 Å². The van der Waals surface area contributed by atoms with E-state index in [0.717, 1.165) is 5.56 Å². The molecule has 0 aliphatic heterocycles. The first-order valence-electron chi connectivity index (χ1n) is 3.28. The van der Waals surface area contributed by atoms with E-state index in [2.05, 4.69) is 4.84 Å². The topological polar surface area (TPSA) is 59.0 Å². The minimum atomic E-state index is 0. The molecule has 0 heterocycles. The Morgan fingerprint density at radius 1 is 1.54 bits per heavy atom. The van der Waals surface area contributed by atoms with Gasteiger partial charge in [-0.3, -0.25) is 4.84 Å². The van der Waals surface area contributed by atoms with Gasteiger partial charge in [-0.05, 0) is 17.7 Å². The summed E-state index contributed by atoms with van der Waals surface area (Å²) in [6, 6.07) is 6.94. The van der Waals surface area contributed by atoms with Crippen molar-refractivity contribution in [3.05, 3.63) is 34.3 Å². The number of rotatable bonds is 2. The van der Waals surface area contributed by atoms with Gasteiger partial charge in [0.2, 0.25) is 0 Å². The van der Waals surface area contributed by atoms with Crippen LogP contribution in [-0.4, -0.2) is 0 Å². The summed E-state index contributed by atoms with van der Waals surface area (Å²) in [6.07, 6.45) is 0. The van der Waals surface area contributed by atoms with Crippen molar-refractivity contribution >= 4 is 24.0 Å². The van der Waals surface area contributed by atoms with Crippen molar-refractivity contribution in [1.29, 1.82) is 5.26 Å². The predicted octanol–water partition coefficient (Wildman–Crippen LogP) is 2.02. The number of benzene rings is 1. The van der Waals surface area contributed by atoms with Crippen LogP contribution in [-0.2, 0) is 11.4 Å². The molecule has 0 atom stereocenters. The number of hydrogen-bond donors (Lipinski definition) is 1. The first kappa shape index (κ1) is 12.2. The zero-order chi connectivity index (χ0) is 8.97. The van der Waals surface area contributed by atoms with Gasteiger partial charge in [0.15, 0.2) is 0 Å². The van der Waals surface area contributed by atoms with Gasteiger partial charge in [0, 0.05) is 5.02 Å². The molecule has 0 saturated heterocycles. The zero-order valence-corrected chi connectivity index (χ0v) is 8.23. The van der Waals surface area contributed by atoms with Crippen molar-refractivity contribution in [3.63, 3.8) is 0 Å². The van der Waals surface area contributed by atoms with Gasteiger partial charge < -0.3 is 0 Å². The Bertz CT molecular complexity index is 322. The van der Waals surface area contributed by atoms with Crippen LogP contribution in [0.5, 0.6) is 0 Å². The SMILES string of the molecule is Cl.N#Cc1ccc(CON)c(Cl)c1. The van der Waals surface area contributed by atoms with Crippen LogP contribution in [0.3, 0.4) is 0 Å². The molecular weight excluding hydrogens is 211 g/mol. The van der Waals surface area contributed by atoms with Gasteiger partial charge in [0.05, 0.1) is 18.2 Å². The third kappa shape index (κ3) is 3.21. The Kier molecular flexibility index (Phi) is 5.44. The molecule has 0 amide bonds. The maximum atomic E-state index is 8.52. The van der Waals surface area contributed by atoms with Crippen molar-refractivity contribution in [1.82, 2.24) is 0 Å². The third-order valence-corrected chi connectivity index (χ3v) is 1.77. The Hall–Kier alpha value is -0.790. The van der Waals surface area contributed by atoms with Gasteiger partial charge in [0.1, 0.15) is 0 Å². The number of nitriles is 1. The van der Waals surface area contributed by atoms with E-state index in [0.29, 0.717) is 10.6 Å². The van der Waals surface area contributed by atoms with E-state index >= 15 is 0 Å². The highest BCUT2D eigenvalue weighted by molar-refractivity contribution is 6.31. The first-order chi connectivity index (χ1) is 5.77. The minimum Gasteiger partial charge on any atom is -0.300 e. The lowest BCUT2D eigenvalue weighted by atomic mass is 10.1. The summed E-state index contributed by atoms with van der Waals surface area (Å²) in [5, 5.41) is 9.02. The maximum Gasteiger partial charge on any atom is 0.0992 e. The Morgan fingerprint density at radius 3 is 2.69 bits per heavy atom. The van der Waals surface area contributed by atoms with Gasteiger partial charge in [-0.15, -0.1) is 12.4 Å². The summed E-state index contributed by atoms with van der Waals surface area (Å²) < 4.78 is 0. The second-order valence-corrected chi connectivity index (χ2v) is 2.64. The van der Waals surface area contributed by atoms with E-state index in [-0.39, 0.29) is 19.0 Å². The molecule has 5 heteroatoms. The summed E-state index contributed by atoms with van der Waals surface area (Å²) in [4.78, 5) is 4.41. The number of nitrogens with zero attached hydrogens (tertiary/aromatic N) is 1. The zero-order valence-electron chi connectivity index (χ0n) is 6.66. The lowest BCUT2D eigenvalue weighted by molar-refractivity contribution is 0.124. The van der Waals surface area contributed by atoms with Gasteiger partial charge in [-0.2, -0.15) is 5.26 Å². The number of nitrogens with two attached hydrogens (primary N) is 1. The average molecular weight is 219 g/mol. The van der Waals surface area contributed by atoms with Crippen molar-refractivity contribution < 1.29 is 4.84 Å². The van der Waals surface area contributed by atoms with E-state index < -0.39 is 0 Å². The molecule has 0 unspecified atom stereocenters. The van der Waals surface area contributed by atoms with Crippen LogP contribution in [0.25, 0.3) is 0 Å². The van der Waals surface area contributed by atoms with E-state index in [4.69, 9.17) is 22.8 Å². The van der Waals surface area contributed by atoms with Crippen molar-refractivity contribution in [3.8, 4) is 6.07 Å². The van der Waals surface area contributed by atoms with Crippen molar-refractivity contribution in [2.24, 2.45) is 5.90 Å². The fourth-order valence-corrected chi connectivity index (χ4v) is 1.06. The molecule has 0 aliphatic carbocycles. The Morgan fingerprint density at radius 2 is 2.23 bits per heavy atom. The molecule has 0 bridgehead atoms. The summed E-state index contributed by atoms with van der Waals surface area (Å²) >= 11 is 5.80. The molecule has 0 aromatic heterocycles. The maximum absolute atomic E-state index is 8.52. The van der Waals surface area contributed by atoms with Gasteiger partial charge in [-0.1, -0.05) is 17.7 Å². The summed E-state index contributed by atoms with van der Waals surface area (Å²) in [7, 11) is 0. The molecule has 3 nitrogen and oxygen atoms in total. The summed E-state index contributed by atoms with van der Waals surface area (Å²) in [6.45, 7) is 0.255. The summed E-state index contributed by atoms with van der Waals surface area (Å²) in [5.74, 6) is 4.88. The number of hydrogen-bond acceptors (Lipinski definition) is 3. The molecule has 70 valence electrons. The molecule has 1 aromatic carbocycles. The molecule has 0 saturated carbocycles. The molecule has 13 heavy (non-hydrogen) atoms. The molecule has 2 N–H and O–H groups in total. The molecule has 0 aliphatic rings. The first-order valence-corrected chi connectivity index (χ1v) is 3.66. The highest BCUT2D eigenvalue weighted by Gasteiger charge is 2.00. The van der Waals surface area contributed by atoms with Crippen LogP contribution in [0.2, 0.25) is 5.02 Å². The van der Waals surface area contributed by atoms with Crippen molar-refractivity contribution in [2.75, 3.05) is 0 Å². The fraction of sp³-hybridized carbons (Fsp3) is 0.125. The molecular formula is C8H8Cl2N2O. The highest BCUT2D eigenvalue weighted by atomic mass is 35.5. The predicted molar refractivity (Wildman–Crippen MR) is 52.4 cm³/mol. The second-order valence-electron chi connectivity index (χ2n) is 2.23. The highest BCUT2D eigenvalue weighted by Crippen LogP contribution is 2.17. The molecule has 0 spiro atoms. The van der Waals surface area contributed by atoms with Crippen molar-refractivity contribution in [2.45, 2.75) is 6.61 Å². The van der Waals surface area contributed by atoms with Gasteiger partial charge >= 0.3 is 0 Å². The third-order valence-electron chi connectivity index (χ3n) is 1.42. The van der Waals surface area contributed by atoms with Crippen LogP contribution in [0.1, 0.15) is 11.1 Å². The average Bonchev–Trinajstić information content (AvgIpc) is 2.09. The number of halogens is 2. The van der Waals surface area contributed by atoms with Gasteiger partial charge in [-0.25, -0.2) is 5.90 Å². The minimum absolute atomic E-state index is 0. The molecule has 0 radical (unpaired) electrons. The largest absolute Gasteiger partial charge is 0.300 e. The second kappa shape index (κ2) is 5.79. The molecule has 0 fully saturated rings. The van der Waals surface area contributed by atoms with Gasteiger partial charge in [0.25, 0.3) is 0 Å². The summed E-state index contributed by atoms with van der Waals surface area (Å²) in [5.41, 5.74) is 1.30. The molecule has 1 rings (SSSR count). The van der Waals surface area contributed by atoms with E-state index in [1.807, 2.05) is 6.07 Å². The van der Waals surface area contributed by atoms with Crippen LogP contribution in [0.4, 0.5) is 0 Å². The van der Waals surface area contributed by atoms with Crippen LogP contribution in [0.15, 0.2) is 18.2 Å². The van der Waals surface area contributed by atoms with E-state index in [9.17, 15) is 0 Å². The van der Waals surface area contributed by atoms with E-state index in [1.165, 1.54) is 0 Å². The fourth-order valence-electron chi connectivity index (χ4n) is 0.824.